The van der Waals surface area contributed by atoms with Gasteiger partial charge < -0.3 is 25.5 Å². The molecule has 0 aromatic heterocycles. The molecule has 0 aromatic rings. The van der Waals surface area contributed by atoms with Crippen LogP contribution in [0.2, 0.25) is 0 Å². The molecule has 0 aliphatic heterocycles. The molecule has 5 aliphatic carbocycles. The molecule has 5 rings (SSSR count). The van der Waals surface area contributed by atoms with Crippen LogP contribution < -0.4 is 0 Å². The Morgan fingerprint density at radius 3 is 2.16 bits per heavy atom. The Kier molecular flexibility index (Phi) is 6.48. The first-order chi connectivity index (χ1) is 17.5. The summed E-state index contributed by atoms with van der Waals surface area (Å²) in [6.45, 7) is 10.2. The van der Waals surface area contributed by atoms with Crippen LogP contribution in [0.3, 0.4) is 0 Å². The molecule has 0 amide bonds. The first-order valence-corrected chi connectivity index (χ1v) is 14.8. The van der Waals surface area contributed by atoms with Gasteiger partial charge in [0.25, 0.3) is 0 Å². The lowest BCUT2D eigenvalue weighted by Crippen LogP contribution is -2.67. The van der Waals surface area contributed by atoms with Crippen molar-refractivity contribution >= 4 is 23.5 Å². The Morgan fingerprint density at radius 1 is 0.921 bits per heavy atom. The van der Waals surface area contributed by atoms with Crippen LogP contribution in [0.5, 0.6) is 0 Å². The van der Waals surface area contributed by atoms with Gasteiger partial charge in [-0.25, -0.2) is 0 Å². The first-order valence-electron chi connectivity index (χ1n) is 14.3. The smallest absolute Gasteiger partial charge is 0.312 e. The molecule has 5 aliphatic rings. The third-order valence-corrected chi connectivity index (χ3v) is 13.0. The molecule has 8 heteroatoms. The maximum atomic E-state index is 12.9. The van der Waals surface area contributed by atoms with Gasteiger partial charge in [0.1, 0.15) is 5.41 Å². The minimum Gasteiger partial charge on any atom is -0.481 e. The number of rotatable bonds is 3. The molecule has 3 fully saturated rings. The van der Waals surface area contributed by atoms with Crippen molar-refractivity contribution in [3.8, 4) is 0 Å². The van der Waals surface area contributed by atoms with Crippen LogP contribution in [0, 0.1) is 50.7 Å². The van der Waals surface area contributed by atoms with Crippen LogP contribution >= 0.6 is 11.6 Å². The average Bonchev–Trinajstić information content (AvgIpc) is 2.81. The van der Waals surface area contributed by atoms with Crippen molar-refractivity contribution < 1.29 is 35.1 Å². The Labute approximate surface area is 230 Å². The first kappa shape index (κ1) is 28.4. The lowest BCUT2D eigenvalue weighted by Gasteiger charge is -2.68. The van der Waals surface area contributed by atoms with Crippen LogP contribution in [0.25, 0.3) is 0 Å². The third-order valence-electron chi connectivity index (χ3n) is 12.6. The molecular weight excluding hydrogens is 508 g/mol. The van der Waals surface area contributed by atoms with Gasteiger partial charge in [-0.1, -0.05) is 38.8 Å². The molecule has 5 N–H and O–H groups in total. The molecule has 0 bridgehead atoms. The number of carbonyl (C=O) groups is 2. The normalized spacial score (nSPS) is 51.8. The second-order valence-corrected chi connectivity index (χ2v) is 15.2. The van der Waals surface area contributed by atoms with Crippen LogP contribution in [-0.2, 0) is 9.59 Å². The van der Waals surface area contributed by atoms with E-state index < -0.39 is 46.5 Å². The highest BCUT2D eigenvalue weighted by molar-refractivity contribution is 6.18. The van der Waals surface area contributed by atoms with E-state index in [1.165, 1.54) is 5.57 Å². The van der Waals surface area contributed by atoms with E-state index in [4.69, 9.17) is 11.6 Å². The minimum absolute atomic E-state index is 0.0379. The zero-order valence-corrected chi connectivity index (χ0v) is 24.1. The van der Waals surface area contributed by atoms with Gasteiger partial charge in [0.15, 0.2) is 0 Å². The number of carboxylic acid groups (broad SMARTS) is 2. The predicted molar refractivity (Wildman–Crippen MR) is 142 cm³/mol. The van der Waals surface area contributed by atoms with Gasteiger partial charge in [0.05, 0.1) is 23.7 Å². The maximum absolute atomic E-state index is 12.9. The van der Waals surface area contributed by atoms with Crippen molar-refractivity contribution in [2.45, 2.75) is 104 Å². The van der Waals surface area contributed by atoms with E-state index in [9.17, 15) is 35.1 Å². The zero-order chi connectivity index (χ0) is 28.2. The molecule has 0 aromatic carbocycles. The number of aliphatic carboxylic acids is 2. The van der Waals surface area contributed by atoms with Crippen molar-refractivity contribution in [3.05, 3.63) is 11.1 Å². The zero-order valence-electron chi connectivity index (χ0n) is 23.3. The third kappa shape index (κ3) is 3.43. The fourth-order valence-corrected chi connectivity index (χ4v) is 11.1. The number of halogens is 1. The van der Waals surface area contributed by atoms with E-state index >= 15 is 0 Å². The highest BCUT2D eigenvalue weighted by atomic mass is 35.5. The molecule has 0 radical (unpaired) electrons. The van der Waals surface area contributed by atoms with Crippen molar-refractivity contribution in [3.63, 3.8) is 0 Å². The Hall–Kier alpha value is -1.15. The monoisotopic (exact) mass is 552 g/mol. The fourth-order valence-electron chi connectivity index (χ4n) is 10.8. The largest absolute Gasteiger partial charge is 0.481 e. The van der Waals surface area contributed by atoms with E-state index in [1.807, 2.05) is 0 Å². The van der Waals surface area contributed by atoms with Gasteiger partial charge in [-0.3, -0.25) is 9.59 Å². The summed E-state index contributed by atoms with van der Waals surface area (Å²) in [6, 6.07) is 0. The lowest BCUT2D eigenvalue weighted by molar-refractivity contribution is -0.226. The van der Waals surface area contributed by atoms with Crippen LogP contribution in [-0.4, -0.2) is 61.7 Å². The molecule has 0 heterocycles. The topological polar surface area (TPSA) is 135 Å². The summed E-state index contributed by atoms with van der Waals surface area (Å²) in [4.78, 5) is 25.5. The number of aliphatic hydroxyl groups excluding tert-OH is 3. The summed E-state index contributed by atoms with van der Waals surface area (Å²) in [5.74, 6) is -2.31. The van der Waals surface area contributed by atoms with Gasteiger partial charge >= 0.3 is 11.9 Å². The minimum atomic E-state index is -1.46. The van der Waals surface area contributed by atoms with E-state index in [1.54, 1.807) is 6.92 Å². The van der Waals surface area contributed by atoms with E-state index in [0.29, 0.717) is 50.8 Å². The Balaban J connectivity index is 1.67. The molecule has 3 saturated carbocycles. The van der Waals surface area contributed by atoms with Crippen molar-refractivity contribution in [1.82, 2.24) is 0 Å². The average molecular weight is 553 g/mol. The summed E-state index contributed by atoms with van der Waals surface area (Å²) >= 11 is 6.69. The van der Waals surface area contributed by atoms with Crippen molar-refractivity contribution in [2.75, 3.05) is 5.88 Å². The van der Waals surface area contributed by atoms with Gasteiger partial charge in [0.2, 0.25) is 0 Å². The number of fused-ring (bicyclic) bond motifs is 6. The van der Waals surface area contributed by atoms with Crippen molar-refractivity contribution in [2.24, 2.45) is 50.7 Å². The molecule has 7 nitrogen and oxygen atoms in total. The molecule has 0 saturated heterocycles. The second kappa shape index (κ2) is 8.67. The number of hydrogen-bond acceptors (Lipinski definition) is 5. The molecule has 38 heavy (non-hydrogen) atoms. The summed E-state index contributed by atoms with van der Waals surface area (Å²) in [5.41, 5.74) is -1.29. The maximum Gasteiger partial charge on any atom is 0.312 e. The second-order valence-electron chi connectivity index (χ2n) is 14.9. The summed E-state index contributed by atoms with van der Waals surface area (Å²) in [6.07, 6.45) is 1.09. The molecule has 214 valence electrons. The number of alkyl halides is 1. The van der Waals surface area contributed by atoms with E-state index in [0.717, 1.165) is 12.0 Å². The van der Waals surface area contributed by atoms with Crippen LogP contribution in [0.1, 0.15) is 86.0 Å². The fraction of sp³-hybridized carbons (Fsp3) is 0.867. The summed E-state index contributed by atoms with van der Waals surface area (Å²) < 4.78 is 0. The molecule has 0 unspecified atom stereocenters. The summed E-state index contributed by atoms with van der Waals surface area (Å²) in [7, 11) is 0. The predicted octanol–water partition coefficient (Wildman–Crippen LogP) is 4.46. The van der Waals surface area contributed by atoms with Crippen molar-refractivity contribution in [1.29, 1.82) is 0 Å². The van der Waals surface area contributed by atoms with Crippen LogP contribution in [0.15, 0.2) is 11.1 Å². The highest BCUT2D eigenvalue weighted by Gasteiger charge is 2.70. The Morgan fingerprint density at radius 2 is 1.58 bits per heavy atom. The standard InChI is InChI=1S/C30H45ClO7/c1-26(2)11-17-22-15(14-31)10-20-27(3,16(22)6-9-30(17,25(37)38)21(33)13-26)8-7-19-28(20,4)12-18(32)23(34)29(19,5)24(35)36/h15,17-21,23,32-34H,6-14H2,1-5H3,(H,35,36)(H,37,38)/t15-,17-,18+,19-,20-,21-,23+,27-,28-,29+,30+/m1/s1. The molecule has 11 atom stereocenters. The lowest BCUT2D eigenvalue weighted by atomic mass is 9.37. The number of carboxylic acids is 2. The van der Waals surface area contributed by atoms with E-state index in [-0.39, 0.29) is 34.5 Å². The number of hydrogen-bond donors (Lipinski definition) is 5. The van der Waals surface area contributed by atoms with E-state index in [2.05, 4.69) is 27.7 Å². The van der Waals surface area contributed by atoms with Gasteiger partial charge in [-0.05, 0) is 98.2 Å². The molecule has 0 spiro atoms. The van der Waals surface area contributed by atoms with Crippen LogP contribution in [0.4, 0.5) is 0 Å². The van der Waals surface area contributed by atoms with Gasteiger partial charge in [-0.2, -0.15) is 0 Å². The molecular formula is C30H45ClO7. The summed E-state index contributed by atoms with van der Waals surface area (Å²) in [5, 5.41) is 54.1. The quantitative estimate of drug-likeness (QED) is 0.258. The SMILES string of the molecule is CC1(C)C[C@@H](O)[C@]2(C(=O)O)CCC3=C([C@@H](CCl)C[C@H]4[C@]5(C)C[C@H](O)[C@H](O)[C@@](C)(C(=O)O)[C@@H]5CC[C@]34C)[C@H]2C1. The number of allylic oxidation sites excluding steroid dienone is 2. The number of aliphatic hydroxyl groups is 3. The Bertz CT molecular complexity index is 1070. The highest BCUT2D eigenvalue weighted by Crippen LogP contribution is 2.72. The van der Waals surface area contributed by atoms with Gasteiger partial charge in [0, 0.05) is 5.88 Å². The van der Waals surface area contributed by atoms with Gasteiger partial charge in [-0.15, -0.1) is 11.6 Å².